The number of rotatable bonds is 3. The summed E-state index contributed by atoms with van der Waals surface area (Å²) in [5.74, 6) is -0.174. The maximum atomic E-state index is 12.9. The van der Waals surface area contributed by atoms with E-state index >= 15 is 0 Å². The Hall–Kier alpha value is -1.20. The van der Waals surface area contributed by atoms with Gasteiger partial charge in [-0.15, -0.1) is 0 Å². The molecule has 1 unspecified atom stereocenters. The van der Waals surface area contributed by atoms with Crippen LogP contribution in [0.1, 0.15) is 18.7 Å². The number of hydrogen-bond acceptors (Lipinski definition) is 2. The molecule has 1 heterocycles. The Morgan fingerprint density at radius 3 is 2.67 bits per heavy atom. The summed E-state index contributed by atoms with van der Waals surface area (Å²) in [6, 6.07) is 4.45. The molecule has 0 bridgehead atoms. The molecular formula is C12H11ClF3NO. The largest absolute Gasteiger partial charge is 0.457 e. The number of furan rings is 1. The second-order valence-corrected chi connectivity index (χ2v) is 4.25. The van der Waals surface area contributed by atoms with Gasteiger partial charge < -0.3 is 9.73 Å². The molecule has 2 rings (SSSR count). The van der Waals surface area contributed by atoms with Gasteiger partial charge in [0.2, 0.25) is 0 Å². The van der Waals surface area contributed by atoms with E-state index in [0.29, 0.717) is 10.4 Å². The van der Waals surface area contributed by atoms with Crippen LogP contribution >= 0.6 is 11.6 Å². The molecule has 6 heteroatoms. The Bertz CT molecular complexity index is 550. The van der Waals surface area contributed by atoms with Gasteiger partial charge in [-0.1, -0.05) is 30.7 Å². The molecule has 0 aliphatic rings. The molecule has 2 aromatic rings. The minimum absolute atomic E-state index is 0.174. The fraction of sp³-hybridized carbons (Fsp3) is 0.333. The average Bonchev–Trinajstić information content (AvgIpc) is 2.69. The number of halogens is 4. The van der Waals surface area contributed by atoms with E-state index in [0.717, 1.165) is 0 Å². The fourth-order valence-corrected chi connectivity index (χ4v) is 1.99. The third-order valence-corrected chi connectivity index (χ3v) is 2.83. The van der Waals surface area contributed by atoms with Crippen LogP contribution in [0.5, 0.6) is 0 Å². The van der Waals surface area contributed by atoms with Crippen LogP contribution in [-0.4, -0.2) is 12.7 Å². The van der Waals surface area contributed by atoms with Crippen molar-refractivity contribution in [2.24, 2.45) is 0 Å². The minimum Gasteiger partial charge on any atom is -0.457 e. The van der Waals surface area contributed by atoms with E-state index in [1.54, 1.807) is 25.1 Å². The van der Waals surface area contributed by atoms with Crippen LogP contribution in [0.25, 0.3) is 11.0 Å². The summed E-state index contributed by atoms with van der Waals surface area (Å²) in [5, 5.41) is 3.22. The number of benzene rings is 1. The van der Waals surface area contributed by atoms with E-state index in [1.807, 2.05) is 0 Å². The first-order valence-electron chi connectivity index (χ1n) is 5.41. The van der Waals surface area contributed by atoms with Crippen molar-refractivity contribution in [3.05, 3.63) is 35.0 Å². The summed E-state index contributed by atoms with van der Waals surface area (Å²) in [4.78, 5) is 0. The molecule has 0 aliphatic carbocycles. The first-order chi connectivity index (χ1) is 8.43. The lowest BCUT2D eigenvalue weighted by molar-refractivity contribution is -0.161. The molecule has 2 nitrogen and oxygen atoms in total. The van der Waals surface area contributed by atoms with Crippen molar-refractivity contribution in [3.63, 3.8) is 0 Å². The van der Waals surface area contributed by atoms with Crippen molar-refractivity contribution in [2.45, 2.75) is 19.1 Å². The van der Waals surface area contributed by atoms with Crippen molar-refractivity contribution in [1.29, 1.82) is 0 Å². The maximum Gasteiger partial charge on any atom is 0.410 e. The zero-order valence-electron chi connectivity index (χ0n) is 9.51. The third kappa shape index (κ3) is 2.47. The Labute approximate surface area is 107 Å². The van der Waals surface area contributed by atoms with Crippen LogP contribution in [0, 0.1) is 0 Å². The van der Waals surface area contributed by atoms with Crippen LogP contribution in [-0.2, 0) is 0 Å². The van der Waals surface area contributed by atoms with Crippen molar-refractivity contribution in [2.75, 3.05) is 6.54 Å². The zero-order valence-corrected chi connectivity index (χ0v) is 10.3. The van der Waals surface area contributed by atoms with Gasteiger partial charge in [-0.2, -0.15) is 13.2 Å². The van der Waals surface area contributed by atoms with E-state index in [-0.39, 0.29) is 17.9 Å². The standard InChI is InChI=1S/C12H11ClF3NO/c1-2-17-11(12(14,15)16)9-6-7-4-3-5-8(13)10(7)18-9/h3-6,11,17H,2H2,1H3. The summed E-state index contributed by atoms with van der Waals surface area (Å²) in [7, 11) is 0. The van der Waals surface area contributed by atoms with Gasteiger partial charge in [-0.05, 0) is 18.7 Å². The van der Waals surface area contributed by atoms with Crippen LogP contribution in [0.4, 0.5) is 13.2 Å². The number of para-hydroxylation sites is 1. The number of nitrogens with one attached hydrogen (secondary N) is 1. The Kier molecular flexibility index (Phi) is 3.54. The lowest BCUT2D eigenvalue weighted by Crippen LogP contribution is -2.33. The van der Waals surface area contributed by atoms with Crippen LogP contribution in [0.3, 0.4) is 0 Å². The molecule has 0 aliphatic heterocycles. The highest BCUT2D eigenvalue weighted by atomic mass is 35.5. The number of fused-ring (bicyclic) bond motifs is 1. The lowest BCUT2D eigenvalue weighted by Gasteiger charge is -2.18. The zero-order chi connectivity index (χ0) is 13.3. The van der Waals surface area contributed by atoms with Gasteiger partial charge in [-0.25, -0.2) is 0 Å². The molecule has 98 valence electrons. The average molecular weight is 278 g/mol. The van der Waals surface area contributed by atoms with Gasteiger partial charge in [-0.3, -0.25) is 0 Å². The Balaban J connectivity index is 2.48. The third-order valence-electron chi connectivity index (χ3n) is 2.54. The van der Waals surface area contributed by atoms with Gasteiger partial charge in [0.05, 0.1) is 5.02 Å². The predicted octanol–water partition coefficient (Wildman–Crippen LogP) is 4.30. The fourth-order valence-electron chi connectivity index (χ4n) is 1.77. The summed E-state index contributed by atoms with van der Waals surface area (Å²) in [5.41, 5.74) is 0.279. The lowest BCUT2D eigenvalue weighted by atomic mass is 10.2. The van der Waals surface area contributed by atoms with Gasteiger partial charge in [0.25, 0.3) is 0 Å². The highest BCUT2D eigenvalue weighted by Gasteiger charge is 2.42. The summed E-state index contributed by atoms with van der Waals surface area (Å²) >= 11 is 5.87. The molecule has 1 atom stereocenters. The molecule has 0 spiro atoms. The monoisotopic (exact) mass is 277 g/mol. The molecule has 1 aromatic heterocycles. The van der Waals surface area contributed by atoms with Crippen LogP contribution in [0.15, 0.2) is 28.7 Å². The molecule has 0 radical (unpaired) electrons. The molecule has 1 aromatic carbocycles. The molecule has 0 amide bonds. The molecule has 0 saturated carbocycles. The quantitative estimate of drug-likeness (QED) is 0.905. The first kappa shape index (κ1) is 13.2. The first-order valence-corrected chi connectivity index (χ1v) is 5.79. The van der Waals surface area contributed by atoms with E-state index in [9.17, 15) is 13.2 Å². The predicted molar refractivity (Wildman–Crippen MR) is 63.7 cm³/mol. The summed E-state index contributed by atoms with van der Waals surface area (Å²) in [6.45, 7) is 1.79. The Morgan fingerprint density at radius 1 is 1.39 bits per heavy atom. The molecule has 0 fully saturated rings. The molecule has 1 N–H and O–H groups in total. The summed E-state index contributed by atoms with van der Waals surface area (Å²) in [6.07, 6.45) is -4.41. The SMILES string of the molecule is CCNC(c1cc2cccc(Cl)c2o1)C(F)(F)F. The van der Waals surface area contributed by atoms with Crippen molar-refractivity contribution in [3.8, 4) is 0 Å². The maximum absolute atomic E-state index is 12.9. The Morgan fingerprint density at radius 2 is 2.11 bits per heavy atom. The smallest absolute Gasteiger partial charge is 0.410 e. The van der Waals surface area contributed by atoms with Gasteiger partial charge >= 0.3 is 6.18 Å². The topological polar surface area (TPSA) is 25.2 Å². The molecule has 18 heavy (non-hydrogen) atoms. The molecule has 0 saturated heterocycles. The van der Waals surface area contributed by atoms with Crippen molar-refractivity contribution >= 4 is 22.6 Å². The van der Waals surface area contributed by atoms with E-state index < -0.39 is 12.2 Å². The second kappa shape index (κ2) is 4.82. The van der Waals surface area contributed by atoms with Gasteiger partial charge in [0.1, 0.15) is 5.76 Å². The van der Waals surface area contributed by atoms with Crippen LogP contribution in [0.2, 0.25) is 5.02 Å². The highest BCUT2D eigenvalue weighted by Crippen LogP contribution is 2.36. The van der Waals surface area contributed by atoms with E-state index in [2.05, 4.69) is 5.32 Å². The van der Waals surface area contributed by atoms with E-state index in [4.69, 9.17) is 16.0 Å². The van der Waals surface area contributed by atoms with Crippen molar-refractivity contribution < 1.29 is 17.6 Å². The highest BCUT2D eigenvalue weighted by molar-refractivity contribution is 6.34. The molecular weight excluding hydrogens is 267 g/mol. The number of hydrogen-bond donors (Lipinski definition) is 1. The number of alkyl halides is 3. The van der Waals surface area contributed by atoms with Crippen LogP contribution < -0.4 is 5.32 Å². The summed E-state index contributed by atoms with van der Waals surface area (Å²) < 4.78 is 43.8. The van der Waals surface area contributed by atoms with Gasteiger partial charge in [0.15, 0.2) is 11.6 Å². The van der Waals surface area contributed by atoms with Gasteiger partial charge in [0, 0.05) is 5.39 Å². The second-order valence-electron chi connectivity index (χ2n) is 3.84. The van der Waals surface area contributed by atoms with E-state index in [1.165, 1.54) is 6.07 Å². The van der Waals surface area contributed by atoms with Crippen molar-refractivity contribution in [1.82, 2.24) is 5.32 Å². The minimum atomic E-state index is -4.41. The normalized spacial score (nSPS) is 14.1.